The van der Waals surface area contributed by atoms with Crippen molar-refractivity contribution >= 4 is 16.1 Å². The standard InChI is InChI=1S/C16H23N3O5S/c1-18(25(2,21)22)13-5-7-19(8-6-13)16(20)17-10-12-3-4-14-15(9-12)24-11-23-14/h3-4,9,13H,5-8,10-11H2,1-2H3,(H,17,20). The highest BCUT2D eigenvalue weighted by molar-refractivity contribution is 7.88. The molecule has 0 unspecified atom stereocenters. The lowest BCUT2D eigenvalue weighted by Crippen LogP contribution is -2.49. The van der Waals surface area contributed by atoms with Gasteiger partial charge in [-0.05, 0) is 30.5 Å². The van der Waals surface area contributed by atoms with Gasteiger partial charge in [-0.3, -0.25) is 0 Å². The van der Waals surface area contributed by atoms with Crippen molar-refractivity contribution in [3.63, 3.8) is 0 Å². The Kier molecular flexibility index (Phi) is 5.05. The number of nitrogens with one attached hydrogen (secondary N) is 1. The van der Waals surface area contributed by atoms with Crippen LogP contribution in [0.15, 0.2) is 18.2 Å². The number of piperidine rings is 1. The maximum atomic E-state index is 12.3. The van der Waals surface area contributed by atoms with Crippen LogP contribution in [0.5, 0.6) is 11.5 Å². The molecule has 1 fully saturated rings. The summed E-state index contributed by atoms with van der Waals surface area (Å²) in [5, 5.41) is 2.89. The number of hydrogen-bond acceptors (Lipinski definition) is 5. The van der Waals surface area contributed by atoms with E-state index in [0.29, 0.717) is 44.0 Å². The van der Waals surface area contributed by atoms with Crippen LogP contribution in [0.1, 0.15) is 18.4 Å². The van der Waals surface area contributed by atoms with Crippen LogP contribution in [0, 0.1) is 0 Å². The predicted octanol–water partition coefficient (Wildman–Crippen LogP) is 0.981. The molecular formula is C16H23N3O5S. The number of benzene rings is 1. The molecule has 1 aromatic rings. The minimum Gasteiger partial charge on any atom is -0.454 e. The molecule has 2 aliphatic rings. The molecule has 1 aromatic carbocycles. The number of nitrogens with zero attached hydrogens (tertiary/aromatic N) is 2. The van der Waals surface area contributed by atoms with E-state index in [4.69, 9.17) is 9.47 Å². The zero-order chi connectivity index (χ0) is 18.0. The fourth-order valence-electron chi connectivity index (χ4n) is 3.04. The van der Waals surface area contributed by atoms with E-state index >= 15 is 0 Å². The fraction of sp³-hybridized carbons (Fsp3) is 0.562. The average Bonchev–Trinajstić information content (AvgIpc) is 3.06. The quantitative estimate of drug-likeness (QED) is 0.855. The molecule has 0 aromatic heterocycles. The number of carbonyl (C=O) groups excluding carboxylic acids is 1. The zero-order valence-electron chi connectivity index (χ0n) is 14.4. The summed E-state index contributed by atoms with van der Waals surface area (Å²) in [5.74, 6) is 1.41. The summed E-state index contributed by atoms with van der Waals surface area (Å²) in [6.07, 6.45) is 2.49. The van der Waals surface area contributed by atoms with Crippen molar-refractivity contribution in [1.82, 2.24) is 14.5 Å². The first-order chi connectivity index (χ1) is 11.8. The van der Waals surface area contributed by atoms with Crippen molar-refractivity contribution in [3.05, 3.63) is 23.8 Å². The largest absolute Gasteiger partial charge is 0.454 e. The van der Waals surface area contributed by atoms with Gasteiger partial charge in [0.05, 0.1) is 6.26 Å². The highest BCUT2D eigenvalue weighted by Crippen LogP contribution is 2.32. The Balaban J connectivity index is 1.48. The zero-order valence-corrected chi connectivity index (χ0v) is 15.2. The van der Waals surface area contributed by atoms with E-state index in [9.17, 15) is 13.2 Å². The number of likely N-dealkylation sites (tertiary alicyclic amines) is 1. The summed E-state index contributed by atoms with van der Waals surface area (Å²) in [6, 6.07) is 5.39. The third-order valence-electron chi connectivity index (χ3n) is 4.67. The number of rotatable bonds is 4. The predicted molar refractivity (Wildman–Crippen MR) is 92.0 cm³/mol. The number of hydrogen-bond donors (Lipinski definition) is 1. The minimum atomic E-state index is -3.20. The van der Waals surface area contributed by atoms with Gasteiger partial charge >= 0.3 is 6.03 Å². The van der Waals surface area contributed by atoms with Gasteiger partial charge in [-0.15, -0.1) is 0 Å². The molecule has 8 nitrogen and oxygen atoms in total. The second-order valence-corrected chi connectivity index (χ2v) is 8.39. The van der Waals surface area contributed by atoms with Crippen LogP contribution in [0.4, 0.5) is 4.79 Å². The molecule has 2 amide bonds. The molecule has 0 radical (unpaired) electrons. The lowest BCUT2D eigenvalue weighted by molar-refractivity contribution is 0.163. The van der Waals surface area contributed by atoms with Gasteiger partial charge in [0, 0.05) is 32.7 Å². The number of fused-ring (bicyclic) bond motifs is 1. The van der Waals surface area contributed by atoms with E-state index in [1.165, 1.54) is 10.6 Å². The van der Waals surface area contributed by atoms with Gasteiger partial charge in [-0.25, -0.2) is 17.5 Å². The Morgan fingerprint density at radius 1 is 1.28 bits per heavy atom. The monoisotopic (exact) mass is 369 g/mol. The fourth-order valence-corrected chi connectivity index (χ4v) is 3.80. The highest BCUT2D eigenvalue weighted by atomic mass is 32.2. The van der Waals surface area contributed by atoms with Gasteiger partial charge in [-0.2, -0.15) is 0 Å². The Hall–Kier alpha value is -2.00. The van der Waals surface area contributed by atoms with Crippen LogP contribution >= 0.6 is 0 Å². The van der Waals surface area contributed by atoms with Gasteiger partial charge in [0.25, 0.3) is 0 Å². The van der Waals surface area contributed by atoms with E-state index in [2.05, 4.69) is 5.32 Å². The van der Waals surface area contributed by atoms with Crippen LogP contribution in [0.3, 0.4) is 0 Å². The summed E-state index contributed by atoms with van der Waals surface area (Å²) in [5.41, 5.74) is 0.935. The van der Waals surface area contributed by atoms with Crippen molar-refractivity contribution in [3.8, 4) is 11.5 Å². The third kappa shape index (κ3) is 4.16. The van der Waals surface area contributed by atoms with E-state index < -0.39 is 10.0 Å². The van der Waals surface area contributed by atoms with E-state index in [1.54, 1.807) is 11.9 Å². The van der Waals surface area contributed by atoms with Crippen LogP contribution in [0.2, 0.25) is 0 Å². The first kappa shape index (κ1) is 17.8. The van der Waals surface area contributed by atoms with Crippen molar-refractivity contribution < 1.29 is 22.7 Å². The molecule has 3 rings (SSSR count). The van der Waals surface area contributed by atoms with Crippen molar-refractivity contribution in [2.24, 2.45) is 0 Å². The van der Waals surface area contributed by atoms with Gasteiger partial charge in [0.1, 0.15) is 0 Å². The van der Waals surface area contributed by atoms with Crippen molar-refractivity contribution in [2.45, 2.75) is 25.4 Å². The second kappa shape index (κ2) is 7.09. The molecule has 2 aliphatic heterocycles. The molecule has 0 saturated carbocycles. The second-order valence-electron chi connectivity index (χ2n) is 6.34. The molecule has 138 valence electrons. The van der Waals surface area contributed by atoms with Gasteiger partial charge < -0.3 is 19.7 Å². The van der Waals surface area contributed by atoms with Gasteiger partial charge in [-0.1, -0.05) is 6.07 Å². The number of sulfonamides is 1. The Labute approximate surface area is 147 Å². The van der Waals surface area contributed by atoms with Crippen molar-refractivity contribution in [2.75, 3.05) is 33.2 Å². The molecule has 2 heterocycles. The molecule has 0 atom stereocenters. The third-order valence-corrected chi connectivity index (χ3v) is 6.01. The molecule has 1 saturated heterocycles. The number of amides is 2. The molecule has 1 N–H and O–H groups in total. The van der Waals surface area contributed by atoms with Crippen LogP contribution in [-0.2, 0) is 16.6 Å². The lowest BCUT2D eigenvalue weighted by atomic mass is 10.1. The minimum absolute atomic E-state index is 0.0482. The van der Waals surface area contributed by atoms with E-state index in [0.717, 1.165) is 5.56 Å². The first-order valence-corrected chi connectivity index (χ1v) is 10.0. The van der Waals surface area contributed by atoms with Gasteiger partial charge in [0.15, 0.2) is 11.5 Å². The molecule has 0 spiro atoms. The Morgan fingerprint density at radius 2 is 1.96 bits per heavy atom. The number of carbonyl (C=O) groups is 1. The average molecular weight is 369 g/mol. The van der Waals surface area contributed by atoms with E-state index in [1.807, 2.05) is 18.2 Å². The van der Waals surface area contributed by atoms with E-state index in [-0.39, 0.29) is 18.9 Å². The van der Waals surface area contributed by atoms with Crippen LogP contribution < -0.4 is 14.8 Å². The SMILES string of the molecule is CN(C1CCN(C(=O)NCc2ccc3c(c2)OCO3)CC1)S(C)(=O)=O. The molecular weight excluding hydrogens is 346 g/mol. The summed E-state index contributed by atoms with van der Waals surface area (Å²) in [4.78, 5) is 14.0. The maximum Gasteiger partial charge on any atom is 0.317 e. The summed E-state index contributed by atoms with van der Waals surface area (Å²) in [7, 11) is -1.61. The van der Waals surface area contributed by atoms with Crippen LogP contribution in [0.25, 0.3) is 0 Å². The molecule has 0 aliphatic carbocycles. The number of urea groups is 1. The van der Waals surface area contributed by atoms with Crippen molar-refractivity contribution in [1.29, 1.82) is 0 Å². The highest BCUT2D eigenvalue weighted by Gasteiger charge is 2.28. The first-order valence-electron chi connectivity index (χ1n) is 8.19. The molecule has 0 bridgehead atoms. The maximum absolute atomic E-state index is 12.3. The summed E-state index contributed by atoms with van der Waals surface area (Å²) < 4.78 is 35.2. The Bertz CT molecular complexity index is 744. The Morgan fingerprint density at radius 3 is 2.64 bits per heavy atom. The van der Waals surface area contributed by atoms with Gasteiger partial charge in [0.2, 0.25) is 16.8 Å². The molecule has 25 heavy (non-hydrogen) atoms. The summed E-state index contributed by atoms with van der Waals surface area (Å²) in [6.45, 7) is 1.70. The topological polar surface area (TPSA) is 88.2 Å². The molecule has 9 heteroatoms. The van der Waals surface area contributed by atoms with Crippen LogP contribution in [-0.4, -0.2) is 62.9 Å². The lowest BCUT2D eigenvalue weighted by Gasteiger charge is -2.35. The normalized spacial score (nSPS) is 17.8. The summed E-state index contributed by atoms with van der Waals surface area (Å²) >= 11 is 0. The smallest absolute Gasteiger partial charge is 0.317 e. The number of ether oxygens (including phenoxy) is 2.